The lowest BCUT2D eigenvalue weighted by Gasteiger charge is -2.10. The van der Waals surface area contributed by atoms with Gasteiger partial charge < -0.3 is 24.8 Å². The second kappa shape index (κ2) is 4.13. The second-order valence-corrected chi connectivity index (χ2v) is 3.55. The standard InChI is InChI=1S/C8H14N4O3/c1-9-2-7-10-11-8(15-7)12-3-5(13)6(14)4-12/h5-6,9,13-14H,2-4H2,1H3. The number of nitrogens with zero attached hydrogens (tertiary/aromatic N) is 3. The van der Waals surface area contributed by atoms with Gasteiger partial charge in [0.15, 0.2) is 0 Å². The molecule has 7 heteroatoms. The van der Waals surface area contributed by atoms with Crippen molar-refractivity contribution in [2.45, 2.75) is 18.8 Å². The number of aliphatic hydroxyl groups excluding tert-OH is 2. The third kappa shape index (κ3) is 2.09. The molecule has 0 amide bonds. The van der Waals surface area contributed by atoms with Crippen LogP contribution in [0.4, 0.5) is 6.01 Å². The third-order valence-electron chi connectivity index (χ3n) is 2.31. The summed E-state index contributed by atoms with van der Waals surface area (Å²) in [7, 11) is 1.78. The molecule has 0 bridgehead atoms. The zero-order valence-electron chi connectivity index (χ0n) is 8.42. The normalized spacial score (nSPS) is 26.2. The average molecular weight is 214 g/mol. The Morgan fingerprint density at radius 3 is 2.67 bits per heavy atom. The van der Waals surface area contributed by atoms with Crippen molar-refractivity contribution in [3.05, 3.63) is 5.89 Å². The number of β-amino-alcohol motifs (C(OH)–C–C–N with tert-alkyl or cyclic N) is 2. The van der Waals surface area contributed by atoms with Gasteiger partial charge in [-0.15, -0.1) is 5.10 Å². The van der Waals surface area contributed by atoms with Crippen LogP contribution in [0, 0.1) is 0 Å². The van der Waals surface area contributed by atoms with Gasteiger partial charge in [0, 0.05) is 0 Å². The van der Waals surface area contributed by atoms with E-state index in [-0.39, 0.29) is 0 Å². The van der Waals surface area contributed by atoms with E-state index in [1.807, 2.05) is 0 Å². The summed E-state index contributed by atoms with van der Waals surface area (Å²) < 4.78 is 5.32. The predicted molar refractivity (Wildman–Crippen MR) is 51.3 cm³/mol. The molecule has 1 fully saturated rings. The van der Waals surface area contributed by atoms with Gasteiger partial charge in [-0.25, -0.2) is 0 Å². The van der Waals surface area contributed by atoms with E-state index in [1.165, 1.54) is 0 Å². The lowest BCUT2D eigenvalue weighted by Crippen LogP contribution is -2.22. The van der Waals surface area contributed by atoms with Crippen LogP contribution in [0.25, 0.3) is 0 Å². The fourth-order valence-electron chi connectivity index (χ4n) is 1.52. The quantitative estimate of drug-likeness (QED) is 0.553. The smallest absolute Gasteiger partial charge is 0.318 e. The Morgan fingerprint density at radius 2 is 2.07 bits per heavy atom. The molecule has 0 aromatic carbocycles. The molecule has 7 nitrogen and oxygen atoms in total. The molecule has 84 valence electrons. The molecule has 2 unspecified atom stereocenters. The van der Waals surface area contributed by atoms with Gasteiger partial charge in [0.2, 0.25) is 5.89 Å². The van der Waals surface area contributed by atoms with E-state index in [1.54, 1.807) is 11.9 Å². The molecule has 0 saturated carbocycles. The molecule has 2 heterocycles. The van der Waals surface area contributed by atoms with Gasteiger partial charge in [-0.1, -0.05) is 5.10 Å². The van der Waals surface area contributed by atoms with Crippen LogP contribution in [0.3, 0.4) is 0 Å². The summed E-state index contributed by atoms with van der Waals surface area (Å²) in [5.74, 6) is 0.489. The molecule has 2 rings (SSSR count). The maximum atomic E-state index is 9.35. The zero-order chi connectivity index (χ0) is 10.8. The Kier molecular flexibility index (Phi) is 2.85. The number of aromatic nitrogens is 2. The van der Waals surface area contributed by atoms with Crippen molar-refractivity contribution >= 4 is 6.01 Å². The average Bonchev–Trinajstić information content (AvgIpc) is 2.76. The zero-order valence-corrected chi connectivity index (χ0v) is 8.42. The summed E-state index contributed by atoms with van der Waals surface area (Å²) in [6, 6.07) is 0.343. The molecular weight excluding hydrogens is 200 g/mol. The largest absolute Gasteiger partial charge is 0.407 e. The molecule has 3 N–H and O–H groups in total. The Balaban J connectivity index is 2.04. The summed E-state index contributed by atoms with van der Waals surface area (Å²) >= 11 is 0. The van der Waals surface area contributed by atoms with Crippen molar-refractivity contribution in [3.8, 4) is 0 Å². The van der Waals surface area contributed by atoms with Gasteiger partial charge >= 0.3 is 6.01 Å². The summed E-state index contributed by atoms with van der Waals surface area (Å²) in [6.07, 6.45) is -1.49. The number of hydrogen-bond donors (Lipinski definition) is 3. The monoisotopic (exact) mass is 214 g/mol. The highest BCUT2D eigenvalue weighted by Crippen LogP contribution is 2.18. The number of anilines is 1. The third-order valence-corrected chi connectivity index (χ3v) is 2.31. The highest BCUT2D eigenvalue weighted by atomic mass is 16.4. The minimum Gasteiger partial charge on any atom is -0.407 e. The van der Waals surface area contributed by atoms with Crippen LogP contribution < -0.4 is 10.2 Å². The first kappa shape index (κ1) is 10.3. The van der Waals surface area contributed by atoms with Gasteiger partial charge in [-0.3, -0.25) is 0 Å². The number of aliphatic hydroxyl groups is 2. The topological polar surface area (TPSA) is 94.7 Å². The summed E-state index contributed by atoms with van der Waals surface area (Å²) in [4.78, 5) is 1.67. The van der Waals surface area contributed by atoms with E-state index in [2.05, 4.69) is 15.5 Å². The molecule has 2 atom stereocenters. The summed E-state index contributed by atoms with van der Waals surface area (Å²) in [6.45, 7) is 1.15. The van der Waals surface area contributed by atoms with Crippen LogP contribution >= 0.6 is 0 Å². The number of rotatable bonds is 3. The Morgan fingerprint density at radius 1 is 1.40 bits per heavy atom. The van der Waals surface area contributed by atoms with Crippen LogP contribution in [0.2, 0.25) is 0 Å². The SMILES string of the molecule is CNCc1nnc(N2CC(O)C(O)C2)o1. The Bertz CT molecular complexity index is 319. The van der Waals surface area contributed by atoms with Crippen LogP contribution in [0.15, 0.2) is 4.42 Å². The van der Waals surface area contributed by atoms with E-state index in [9.17, 15) is 10.2 Å². The molecule has 0 spiro atoms. The molecule has 1 aromatic rings. The Hall–Kier alpha value is -1.18. The lowest BCUT2D eigenvalue weighted by atomic mass is 10.3. The van der Waals surface area contributed by atoms with E-state index >= 15 is 0 Å². The van der Waals surface area contributed by atoms with E-state index in [0.29, 0.717) is 31.5 Å². The lowest BCUT2D eigenvalue weighted by molar-refractivity contribution is 0.0572. The maximum Gasteiger partial charge on any atom is 0.318 e. The predicted octanol–water partition coefficient (Wildman–Crippen LogP) is -1.67. The first-order chi connectivity index (χ1) is 7.20. The van der Waals surface area contributed by atoms with Crippen LogP contribution in [-0.4, -0.2) is 52.8 Å². The van der Waals surface area contributed by atoms with Gasteiger partial charge in [0.25, 0.3) is 0 Å². The van der Waals surface area contributed by atoms with E-state index in [4.69, 9.17) is 4.42 Å². The molecule has 1 aromatic heterocycles. The first-order valence-corrected chi connectivity index (χ1v) is 4.78. The minimum absolute atomic E-state index is 0.322. The van der Waals surface area contributed by atoms with Crippen LogP contribution in [0.5, 0.6) is 0 Å². The molecular formula is C8H14N4O3. The molecule has 15 heavy (non-hydrogen) atoms. The van der Waals surface area contributed by atoms with Crippen molar-refractivity contribution in [1.29, 1.82) is 0 Å². The van der Waals surface area contributed by atoms with Gasteiger partial charge in [0.1, 0.15) is 0 Å². The number of nitrogens with one attached hydrogen (secondary N) is 1. The van der Waals surface area contributed by atoms with Crippen molar-refractivity contribution in [2.24, 2.45) is 0 Å². The number of hydrogen-bond acceptors (Lipinski definition) is 7. The molecule has 1 aliphatic rings. The second-order valence-electron chi connectivity index (χ2n) is 3.55. The highest BCUT2D eigenvalue weighted by molar-refractivity contribution is 5.28. The highest BCUT2D eigenvalue weighted by Gasteiger charge is 2.32. The minimum atomic E-state index is -0.746. The fraction of sp³-hybridized carbons (Fsp3) is 0.750. The summed E-state index contributed by atoms with van der Waals surface area (Å²) in [5.41, 5.74) is 0. The van der Waals surface area contributed by atoms with E-state index < -0.39 is 12.2 Å². The van der Waals surface area contributed by atoms with Crippen molar-refractivity contribution in [1.82, 2.24) is 15.5 Å². The van der Waals surface area contributed by atoms with Crippen molar-refractivity contribution in [3.63, 3.8) is 0 Å². The van der Waals surface area contributed by atoms with Gasteiger partial charge in [-0.2, -0.15) is 0 Å². The Labute approximate surface area is 86.7 Å². The van der Waals surface area contributed by atoms with Crippen LogP contribution in [0.1, 0.15) is 5.89 Å². The molecule has 0 radical (unpaired) electrons. The summed E-state index contributed by atoms with van der Waals surface area (Å²) in [5, 5.41) is 29.2. The maximum absolute atomic E-state index is 9.35. The van der Waals surface area contributed by atoms with E-state index in [0.717, 1.165) is 0 Å². The van der Waals surface area contributed by atoms with Crippen molar-refractivity contribution in [2.75, 3.05) is 25.0 Å². The van der Waals surface area contributed by atoms with Crippen LogP contribution in [-0.2, 0) is 6.54 Å². The molecule has 0 aliphatic carbocycles. The molecule has 1 aliphatic heterocycles. The molecule has 1 saturated heterocycles. The van der Waals surface area contributed by atoms with Gasteiger partial charge in [-0.05, 0) is 7.05 Å². The fourth-order valence-corrected chi connectivity index (χ4v) is 1.52. The van der Waals surface area contributed by atoms with Gasteiger partial charge in [0.05, 0.1) is 31.8 Å². The first-order valence-electron chi connectivity index (χ1n) is 4.78. The van der Waals surface area contributed by atoms with Crippen molar-refractivity contribution < 1.29 is 14.6 Å².